The number of benzene rings is 1. The summed E-state index contributed by atoms with van der Waals surface area (Å²) in [6.07, 6.45) is 5.26. The van der Waals surface area contributed by atoms with E-state index in [-0.39, 0.29) is 5.60 Å². The number of likely N-dealkylation sites (N-methyl/N-ethyl adjacent to an activating group) is 2. The largest absolute Gasteiger partial charge is 0.462 e. The van der Waals surface area contributed by atoms with Gasteiger partial charge in [0.1, 0.15) is 11.2 Å². The number of nitrogens with zero attached hydrogens (tertiary/aromatic N) is 4. The highest BCUT2D eigenvalue weighted by molar-refractivity contribution is 5.94. The van der Waals surface area contributed by atoms with Gasteiger partial charge in [-0.05, 0) is 77.2 Å². The summed E-state index contributed by atoms with van der Waals surface area (Å²) in [7, 11) is 4.36. The molecule has 37 heavy (non-hydrogen) atoms. The van der Waals surface area contributed by atoms with Crippen LogP contribution >= 0.6 is 0 Å². The zero-order chi connectivity index (χ0) is 26.4. The van der Waals surface area contributed by atoms with Crippen LogP contribution < -0.4 is 10.2 Å². The number of pyridine rings is 1. The number of fused-ring (bicyclic) bond motifs is 1. The van der Waals surface area contributed by atoms with Gasteiger partial charge >= 0.3 is 0 Å². The smallest absolute Gasteiger partial charge is 0.293 e. The second-order valence-corrected chi connectivity index (χ2v) is 10.8. The molecule has 0 unspecified atom stereocenters. The summed E-state index contributed by atoms with van der Waals surface area (Å²) in [6, 6.07) is 13.0. The van der Waals surface area contributed by atoms with Gasteiger partial charge in [0, 0.05) is 67.9 Å². The minimum Gasteiger partial charge on any atom is -0.462 e. The van der Waals surface area contributed by atoms with Crippen LogP contribution in [-0.2, 0) is 9.53 Å². The molecule has 4 heterocycles. The minimum atomic E-state index is -0.318. The standard InChI is InChI=1S/C24H30N6.C5H10O2/c1-28-10-7-18(8-11-28)23-17-21-22(6-9-25-24(21)27-23)26-19-4-3-5-20(16-19)30-14-12-29(2)13-15-30;1-5(2,3)7-4-6/h3-7,9,16-17H,8,10-15H2,1-2H3,(H2,25,26,27);4H,1-3H3. The Bertz CT molecular complexity index is 1220. The van der Waals surface area contributed by atoms with Gasteiger partial charge in [-0.15, -0.1) is 0 Å². The first kappa shape index (κ1) is 26.7. The molecule has 0 amide bonds. The van der Waals surface area contributed by atoms with Crippen LogP contribution in [0, 0.1) is 0 Å². The average molecular weight is 505 g/mol. The molecule has 2 aliphatic rings. The van der Waals surface area contributed by atoms with Crippen molar-refractivity contribution in [2.45, 2.75) is 32.8 Å². The molecule has 0 atom stereocenters. The van der Waals surface area contributed by atoms with Gasteiger partial charge in [-0.2, -0.15) is 0 Å². The van der Waals surface area contributed by atoms with Crippen molar-refractivity contribution in [1.82, 2.24) is 19.8 Å². The van der Waals surface area contributed by atoms with Gasteiger partial charge in [0.05, 0.1) is 5.69 Å². The molecular weight excluding hydrogens is 464 g/mol. The van der Waals surface area contributed by atoms with Gasteiger partial charge < -0.3 is 29.7 Å². The third kappa shape index (κ3) is 7.33. The van der Waals surface area contributed by atoms with Crippen molar-refractivity contribution >= 4 is 40.1 Å². The molecule has 8 nitrogen and oxygen atoms in total. The zero-order valence-corrected chi connectivity index (χ0v) is 22.8. The number of hydrogen-bond donors (Lipinski definition) is 2. The van der Waals surface area contributed by atoms with Gasteiger partial charge in [0.2, 0.25) is 0 Å². The summed E-state index contributed by atoms with van der Waals surface area (Å²) in [5.41, 5.74) is 6.67. The predicted molar refractivity (Wildman–Crippen MR) is 153 cm³/mol. The number of aromatic nitrogens is 2. The normalized spacial score (nSPS) is 17.1. The number of carbonyl (C=O) groups is 1. The second-order valence-electron chi connectivity index (χ2n) is 10.8. The zero-order valence-electron chi connectivity index (χ0n) is 22.8. The van der Waals surface area contributed by atoms with Crippen LogP contribution in [-0.4, -0.2) is 85.2 Å². The molecule has 2 aliphatic heterocycles. The van der Waals surface area contributed by atoms with Crippen LogP contribution in [0.1, 0.15) is 32.9 Å². The van der Waals surface area contributed by atoms with Crippen LogP contribution in [0.4, 0.5) is 17.1 Å². The van der Waals surface area contributed by atoms with E-state index < -0.39 is 0 Å². The molecule has 0 radical (unpaired) electrons. The van der Waals surface area contributed by atoms with Crippen molar-refractivity contribution in [2.75, 3.05) is 63.6 Å². The van der Waals surface area contributed by atoms with Crippen molar-refractivity contribution in [3.63, 3.8) is 0 Å². The SMILES string of the molecule is CC(C)(C)OC=O.CN1CC=C(c2cc3c(Nc4cccc(N5CCN(C)CC5)c4)ccnc3[nH]2)CC1. The molecule has 2 N–H and O–H groups in total. The van der Waals surface area contributed by atoms with Crippen molar-refractivity contribution < 1.29 is 9.53 Å². The number of piperazine rings is 1. The Morgan fingerprint density at radius 1 is 1.03 bits per heavy atom. The van der Waals surface area contributed by atoms with Gasteiger partial charge in [0.25, 0.3) is 6.47 Å². The van der Waals surface area contributed by atoms with Gasteiger partial charge in [-0.25, -0.2) is 4.98 Å². The number of aromatic amines is 1. The Kier molecular flexibility index (Phi) is 8.51. The van der Waals surface area contributed by atoms with Gasteiger partial charge in [-0.1, -0.05) is 12.1 Å². The molecule has 0 aliphatic carbocycles. The quantitative estimate of drug-likeness (QED) is 0.486. The lowest BCUT2D eigenvalue weighted by Crippen LogP contribution is -2.44. The fraction of sp³-hybridized carbons (Fsp3) is 0.448. The fourth-order valence-corrected chi connectivity index (χ4v) is 4.47. The first-order valence-electron chi connectivity index (χ1n) is 13.0. The molecule has 1 saturated heterocycles. The molecular formula is C29H40N6O2. The van der Waals surface area contributed by atoms with Gasteiger partial charge in [0.15, 0.2) is 0 Å². The Hall–Kier alpha value is -3.36. The molecule has 1 fully saturated rings. The lowest BCUT2D eigenvalue weighted by atomic mass is 10.1. The highest BCUT2D eigenvalue weighted by Crippen LogP contribution is 2.31. The van der Waals surface area contributed by atoms with E-state index in [0.717, 1.165) is 68.1 Å². The number of anilines is 3. The maximum absolute atomic E-state index is 9.60. The molecule has 8 heteroatoms. The molecule has 198 valence electrons. The molecule has 0 saturated carbocycles. The van der Waals surface area contributed by atoms with E-state index in [9.17, 15) is 4.79 Å². The molecule has 1 aromatic carbocycles. The summed E-state index contributed by atoms with van der Waals surface area (Å²) in [5, 5.41) is 4.77. The molecule has 0 spiro atoms. The number of hydrogen-bond acceptors (Lipinski definition) is 7. The van der Waals surface area contributed by atoms with E-state index in [1.54, 1.807) is 0 Å². The maximum Gasteiger partial charge on any atom is 0.293 e. The number of carbonyl (C=O) groups excluding carboxylic acids is 1. The summed E-state index contributed by atoms with van der Waals surface area (Å²) < 4.78 is 4.55. The Morgan fingerprint density at radius 2 is 1.81 bits per heavy atom. The highest BCUT2D eigenvalue weighted by Gasteiger charge is 2.16. The summed E-state index contributed by atoms with van der Waals surface area (Å²) >= 11 is 0. The predicted octanol–water partition coefficient (Wildman–Crippen LogP) is 4.74. The first-order valence-corrected chi connectivity index (χ1v) is 13.0. The highest BCUT2D eigenvalue weighted by atomic mass is 16.5. The third-order valence-corrected chi connectivity index (χ3v) is 6.69. The van der Waals surface area contributed by atoms with Crippen molar-refractivity contribution in [2.24, 2.45) is 0 Å². The topological polar surface area (TPSA) is 76.7 Å². The lowest BCUT2D eigenvalue weighted by molar-refractivity contribution is -0.138. The summed E-state index contributed by atoms with van der Waals surface area (Å²) in [5.74, 6) is 0. The van der Waals surface area contributed by atoms with E-state index in [4.69, 9.17) is 0 Å². The van der Waals surface area contributed by atoms with Crippen LogP contribution in [0.2, 0.25) is 0 Å². The van der Waals surface area contributed by atoms with E-state index in [1.165, 1.54) is 17.0 Å². The van der Waals surface area contributed by atoms with E-state index >= 15 is 0 Å². The third-order valence-electron chi connectivity index (χ3n) is 6.69. The number of H-pyrrole nitrogens is 1. The monoisotopic (exact) mass is 504 g/mol. The summed E-state index contributed by atoms with van der Waals surface area (Å²) in [4.78, 5) is 24.9. The van der Waals surface area contributed by atoms with Crippen molar-refractivity contribution in [1.29, 1.82) is 0 Å². The van der Waals surface area contributed by atoms with Crippen molar-refractivity contribution in [3.05, 3.63) is 54.4 Å². The molecule has 5 rings (SSSR count). The maximum atomic E-state index is 9.60. The Labute approximate surface area is 220 Å². The Morgan fingerprint density at radius 3 is 2.46 bits per heavy atom. The molecule has 0 bridgehead atoms. The minimum absolute atomic E-state index is 0.318. The number of ether oxygens (including phenoxy) is 1. The number of nitrogens with one attached hydrogen (secondary N) is 2. The number of rotatable bonds is 5. The lowest BCUT2D eigenvalue weighted by Gasteiger charge is -2.34. The van der Waals surface area contributed by atoms with Crippen molar-refractivity contribution in [3.8, 4) is 0 Å². The Balaban J connectivity index is 0.000000405. The van der Waals surface area contributed by atoms with Gasteiger partial charge in [-0.3, -0.25) is 4.79 Å². The average Bonchev–Trinajstić information content (AvgIpc) is 3.30. The van der Waals surface area contributed by atoms with Crippen LogP contribution in [0.5, 0.6) is 0 Å². The summed E-state index contributed by atoms with van der Waals surface area (Å²) in [6.45, 7) is 12.4. The van der Waals surface area contributed by atoms with Crippen LogP contribution in [0.25, 0.3) is 16.6 Å². The van der Waals surface area contributed by atoms with Crippen LogP contribution in [0.3, 0.4) is 0 Å². The van der Waals surface area contributed by atoms with E-state index in [2.05, 4.69) is 91.3 Å². The molecule has 2 aromatic heterocycles. The van der Waals surface area contributed by atoms with E-state index in [1.807, 2.05) is 27.0 Å². The second kappa shape index (κ2) is 11.8. The van der Waals surface area contributed by atoms with E-state index in [0.29, 0.717) is 6.47 Å². The molecule has 3 aromatic rings. The first-order chi connectivity index (χ1) is 17.7. The van der Waals surface area contributed by atoms with Crippen LogP contribution in [0.15, 0.2) is 48.7 Å². The fourth-order valence-electron chi connectivity index (χ4n) is 4.47.